The van der Waals surface area contributed by atoms with Crippen LogP contribution in [-0.2, 0) is 0 Å². The lowest BCUT2D eigenvalue weighted by atomic mass is 10.1. The molecule has 0 amide bonds. The number of rotatable bonds is 5. The molecule has 0 N–H and O–H groups in total. The molecule has 0 radical (unpaired) electrons. The first-order chi connectivity index (χ1) is 14.2. The fourth-order valence-corrected chi connectivity index (χ4v) is 3.64. The van der Waals surface area contributed by atoms with E-state index in [0.29, 0.717) is 5.76 Å². The van der Waals surface area contributed by atoms with E-state index < -0.39 is 0 Å². The van der Waals surface area contributed by atoms with Gasteiger partial charge in [0.2, 0.25) is 0 Å². The number of aromatic nitrogens is 4. The van der Waals surface area contributed by atoms with Crippen LogP contribution in [0.3, 0.4) is 0 Å². The summed E-state index contributed by atoms with van der Waals surface area (Å²) in [6, 6.07) is 7.87. The Kier molecular flexibility index (Phi) is 5.45. The molecule has 2 aromatic heterocycles. The summed E-state index contributed by atoms with van der Waals surface area (Å²) >= 11 is 0. The number of fused-ring (bicyclic) bond motifs is 1. The molecule has 1 aliphatic rings. The molecule has 0 aliphatic carbocycles. The molecule has 0 bridgehead atoms. The Balaban J connectivity index is 1.67. The molecule has 0 spiro atoms. The third-order valence-electron chi connectivity index (χ3n) is 5.13. The van der Waals surface area contributed by atoms with Gasteiger partial charge in [-0.2, -0.15) is 5.10 Å². The largest absolute Gasteiger partial charge is 0.458 e. The Morgan fingerprint density at radius 3 is 2.86 bits per heavy atom. The zero-order valence-corrected chi connectivity index (χ0v) is 16.6. The smallest absolute Gasteiger partial charge is 0.188 e. The average molecular weight is 383 g/mol. The topological polar surface area (TPSA) is 56.1 Å². The maximum absolute atomic E-state index is 5.87. The number of hydrogen-bond acceptors (Lipinski definition) is 5. The fourth-order valence-electron chi connectivity index (χ4n) is 3.64. The number of benzene rings is 1. The molecule has 0 unspecified atom stereocenters. The van der Waals surface area contributed by atoms with Gasteiger partial charge < -0.3 is 9.55 Å². The standard InChI is InChI=1S/C22H22BN5O/c1-3-5-7-17(4-2)29-18-11-9-16(10-12-18)21-19-14-24-15-25-22(19)28(26-21)20-8-6-13-27(20)23/h1,4-5,7,9-12,14-15,20H,6,8,13,23H2,2H3/b7-5-,17-4+/t20-/m1/s1. The van der Waals surface area contributed by atoms with Gasteiger partial charge >= 0.3 is 0 Å². The van der Waals surface area contributed by atoms with Crippen LogP contribution in [0, 0.1) is 12.3 Å². The van der Waals surface area contributed by atoms with Crippen molar-refractivity contribution in [2.75, 3.05) is 6.54 Å². The summed E-state index contributed by atoms with van der Waals surface area (Å²) < 4.78 is 7.90. The molecule has 144 valence electrons. The van der Waals surface area contributed by atoms with Crippen LogP contribution < -0.4 is 4.74 Å². The second-order valence-electron chi connectivity index (χ2n) is 6.97. The maximum atomic E-state index is 5.87. The fraction of sp³-hybridized carbons (Fsp3) is 0.227. The van der Waals surface area contributed by atoms with Crippen molar-refractivity contribution in [1.29, 1.82) is 0 Å². The van der Waals surface area contributed by atoms with E-state index in [0.717, 1.165) is 47.4 Å². The lowest BCUT2D eigenvalue weighted by Gasteiger charge is -2.20. The van der Waals surface area contributed by atoms with Crippen LogP contribution in [0.2, 0.25) is 0 Å². The Morgan fingerprint density at radius 2 is 2.17 bits per heavy atom. The third kappa shape index (κ3) is 3.80. The highest BCUT2D eigenvalue weighted by atomic mass is 16.5. The van der Waals surface area contributed by atoms with Gasteiger partial charge in [0, 0.05) is 11.8 Å². The first kappa shape index (κ1) is 19.0. The second-order valence-corrected chi connectivity index (χ2v) is 6.97. The minimum Gasteiger partial charge on any atom is -0.458 e. The molecule has 4 rings (SSSR count). The van der Waals surface area contributed by atoms with E-state index in [4.69, 9.17) is 16.3 Å². The van der Waals surface area contributed by atoms with Gasteiger partial charge in [-0.25, -0.2) is 14.6 Å². The lowest BCUT2D eigenvalue weighted by Crippen LogP contribution is -2.25. The van der Waals surface area contributed by atoms with Crippen LogP contribution >= 0.6 is 0 Å². The Labute approximate surface area is 171 Å². The van der Waals surface area contributed by atoms with Crippen molar-refractivity contribution in [2.24, 2.45) is 0 Å². The van der Waals surface area contributed by atoms with Crippen LogP contribution in [0.25, 0.3) is 22.3 Å². The van der Waals surface area contributed by atoms with Gasteiger partial charge in [0.1, 0.15) is 23.5 Å². The van der Waals surface area contributed by atoms with Crippen LogP contribution in [0.4, 0.5) is 0 Å². The molecule has 6 nitrogen and oxygen atoms in total. The van der Waals surface area contributed by atoms with E-state index in [-0.39, 0.29) is 6.17 Å². The molecule has 1 saturated heterocycles. The zero-order chi connectivity index (χ0) is 20.2. The SMILES string of the molecule is BN1CCC[C@H]1n1nc(-c2ccc(OC(/C=C\C#C)=C/C)cc2)c2cncnc21. The zero-order valence-electron chi connectivity index (χ0n) is 16.6. The van der Waals surface area contributed by atoms with Crippen LogP contribution in [-0.4, -0.2) is 39.1 Å². The molecule has 7 heteroatoms. The Bertz CT molecular complexity index is 1110. The van der Waals surface area contributed by atoms with Gasteiger partial charge in [0.15, 0.2) is 13.6 Å². The third-order valence-corrected chi connectivity index (χ3v) is 5.13. The molecule has 29 heavy (non-hydrogen) atoms. The minimum atomic E-state index is 0.226. The van der Waals surface area contributed by atoms with Crippen LogP contribution in [0.15, 0.2) is 60.8 Å². The molecule has 0 saturated carbocycles. The van der Waals surface area contributed by atoms with Crippen molar-refractivity contribution < 1.29 is 4.74 Å². The first-order valence-electron chi connectivity index (χ1n) is 9.67. The second kappa shape index (κ2) is 8.33. The first-order valence-corrected chi connectivity index (χ1v) is 9.67. The number of nitrogens with zero attached hydrogens (tertiary/aromatic N) is 5. The Morgan fingerprint density at radius 1 is 1.34 bits per heavy atom. The van der Waals surface area contributed by atoms with Crippen molar-refractivity contribution in [3.63, 3.8) is 0 Å². The normalized spacial score (nSPS) is 17.8. The molecule has 1 aromatic carbocycles. The van der Waals surface area contributed by atoms with Crippen LogP contribution in [0.5, 0.6) is 5.75 Å². The quantitative estimate of drug-likeness (QED) is 0.293. The van der Waals surface area contributed by atoms with Crippen molar-refractivity contribution in [3.8, 4) is 29.4 Å². The molecular formula is C22H22BN5O. The van der Waals surface area contributed by atoms with Crippen molar-refractivity contribution >= 4 is 19.0 Å². The van der Waals surface area contributed by atoms with Gasteiger partial charge in [0.05, 0.1) is 11.6 Å². The lowest BCUT2D eigenvalue weighted by molar-refractivity contribution is 0.306. The van der Waals surface area contributed by atoms with E-state index in [2.05, 4.69) is 28.7 Å². The minimum absolute atomic E-state index is 0.226. The summed E-state index contributed by atoms with van der Waals surface area (Å²) in [7, 11) is 2.13. The van der Waals surface area contributed by atoms with Gasteiger partial charge in [0.25, 0.3) is 0 Å². The molecule has 1 atom stereocenters. The van der Waals surface area contributed by atoms with E-state index in [1.54, 1.807) is 18.5 Å². The summed E-state index contributed by atoms with van der Waals surface area (Å²) in [5.74, 6) is 3.90. The average Bonchev–Trinajstić information content (AvgIpc) is 3.35. The maximum Gasteiger partial charge on any atom is 0.188 e. The number of hydrogen-bond donors (Lipinski definition) is 0. The molecule has 1 fully saturated rings. The van der Waals surface area contributed by atoms with Gasteiger partial charge in [-0.3, -0.25) is 0 Å². The summed E-state index contributed by atoms with van der Waals surface area (Å²) in [5, 5.41) is 5.88. The van der Waals surface area contributed by atoms with Gasteiger partial charge in [-0.05, 0) is 68.8 Å². The summed E-state index contributed by atoms with van der Waals surface area (Å²) in [4.78, 5) is 11.0. The van der Waals surface area contributed by atoms with E-state index in [1.807, 2.05) is 48.1 Å². The Hall–Kier alpha value is -3.37. The number of terminal acetylenes is 1. The molecule has 1 aliphatic heterocycles. The van der Waals surface area contributed by atoms with Crippen molar-refractivity contribution in [2.45, 2.75) is 25.9 Å². The molecular weight excluding hydrogens is 361 g/mol. The monoisotopic (exact) mass is 383 g/mol. The molecule has 3 heterocycles. The van der Waals surface area contributed by atoms with Crippen molar-refractivity contribution in [1.82, 2.24) is 24.6 Å². The summed E-state index contributed by atoms with van der Waals surface area (Å²) in [5.41, 5.74) is 2.74. The van der Waals surface area contributed by atoms with Crippen molar-refractivity contribution in [3.05, 3.63) is 60.8 Å². The van der Waals surface area contributed by atoms with E-state index in [9.17, 15) is 0 Å². The number of ether oxygens (including phenoxy) is 1. The highest BCUT2D eigenvalue weighted by Gasteiger charge is 2.26. The van der Waals surface area contributed by atoms with E-state index in [1.165, 1.54) is 0 Å². The summed E-state index contributed by atoms with van der Waals surface area (Å²) in [6.07, 6.45) is 16.4. The predicted molar refractivity (Wildman–Crippen MR) is 117 cm³/mol. The summed E-state index contributed by atoms with van der Waals surface area (Å²) in [6.45, 7) is 2.98. The predicted octanol–water partition coefficient (Wildman–Crippen LogP) is 3.11. The highest BCUT2D eigenvalue weighted by molar-refractivity contribution is 6.04. The number of allylic oxidation sites excluding steroid dienone is 3. The highest BCUT2D eigenvalue weighted by Crippen LogP contribution is 2.33. The van der Waals surface area contributed by atoms with Gasteiger partial charge in [-0.1, -0.05) is 5.92 Å². The van der Waals surface area contributed by atoms with Gasteiger partial charge in [-0.15, -0.1) is 6.42 Å². The van der Waals surface area contributed by atoms with Crippen LogP contribution in [0.1, 0.15) is 25.9 Å². The van der Waals surface area contributed by atoms with E-state index >= 15 is 0 Å². The molecule has 3 aromatic rings.